The van der Waals surface area contributed by atoms with Crippen molar-refractivity contribution >= 4 is 63.1 Å². The third-order valence-electron chi connectivity index (χ3n) is 3.45. The van der Waals surface area contributed by atoms with Crippen molar-refractivity contribution in [1.82, 2.24) is 0 Å². The molecule has 0 saturated carbocycles. The minimum atomic E-state index is -0.697. The number of hydrogen-bond donors (Lipinski definition) is 1. The molecule has 0 radical (unpaired) electrons. The van der Waals surface area contributed by atoms with Crippen LogP contribution >= 0.6 is 34.3 Å². The van der Waals surface area contributed by atoms with Crippen LogP contribution in [0.5, 0.6) is 0 Å². The van der Waals surface area contributed by atoms with Crippen molar-refractivity contribution in [2.45, 2.75) is 20.8 Å². The normalized spacial score (nSPS) is 10.3. The number of anilines is 1. The summed E-state index contributed by atoms with van der Waals surface area (Å²) >= 11 is 7.68. The number of halogens is 1. The molecule has 156 valence electrons. The molecule has 29 heavy (non-hydrogen) atoms. The maximum Gasteiger partial charge on any atom is 0.348 e. The van der Waals surface area contributed by atoms with E-state index in [9.17, 15) is 19.2 Å². The number of hydrogen-bond acceptors (Lipinski definition) is 9. The number of carbonyl (C=O) groups is 4. The third-order valence-corrected chi connectivity index (χ3v) is 5.85. The quantitative estimate of drug-likeness (QED) is 0.470. The average Bonchev–Trinajstić information content (AvgIpc) is 3.23. The highest BCUT2D eigenvalue weighted by Gasteiger charge is 2.27. The molecule has 0 saturated heterocycles. The van der Waals surface area contributed by atoms with Gasteiger partial charge in [-0.3, -0.25) is 4.79 Å². The van der Waals surface area contributed by atoms with Gasteiger partial charge in [-0.15, -0.1) is 22.7 Å². The van der Waals surface area contributed by atoms with Crippen molar-refractivity contribution in [3.05, 3.63) is 37.4 Å². The maximum absolute atomic E-state index is 12.3. The zero-order valence-electron chi connectivity index (χ0n) is 15.8. The van der Waals surface area contributed by atoms with Crippen LogP contribution in [0.1, 0.15) is 49.1 Å². The lowest BCUT2D eigenvalue weighted by atomic mass is 10.1. The van der Waals surface area contributed by atoms with Gasteiger partial charge in [0.15, 0.2) is 6.61 Å². The highest BCUT2D eigenvalue weighted by molar-refractivity contribution is 7.18. The van der Waals surface area contributed by atoms with Crippen LogP contribution in [-0.2, 0) is 19.0 Å². The maximum atomic E-state index is 12.3. The summed E-state index contributed by atoms with van der Waals surface area (Å²) < 4.78 is 15.4. The molecule has 0 unspecified atom stereocenters. The number of ether oxygens (including phenoxy) is 3. The van der Waals surface area contributed by atoms with Crippen LogP contribution in [0.3, 0.4) is 0 Å². The zero-order valence-corrected chi connectivity index (χ0v) is 18.2. The number of esters is 3. The molecule has 2 heterocycles. The first-order valence-corrected chi connectivity index (χ1v) is 10.5. The van der Waals surface area contributed by atoms with Gasteiger partial charge in [-0.05, 0) is 38.5 Å². The van der Waals surface area contributed by atoms with Gasteiger partial charge >= 0.3 is 17.9 Å². The monoisotopic (exact) mass is 459 g/mol. The van der Waals surface area contributed by atoms with Crippen molar-refractivity contribution < 1.29 is 33.4 Å². The molecule has 2 aromatic heterocycles. The van der Waals surface area contributed by atoms with Crippen LogP contribution in [0.4, 0.5) is 5.00 Å². The van der Waals surface area contributed by atoms with Crippen LogP contribution in [0.25, 0.3) is 0 Å². The summed E-state index contributed by atoms with van der Waals surface area (Å²) in [5.41, 5.74) is 0.400. The molecule has 11 heteroatoms. The van der Waals surface area contributed by atoms with Gasteiger partial charge in [-0.2, -0.15) is 0 Å². The fraction of sp³-hybridized carbons (Fsp3) is 0.333. The van der Waals surface area contributed by atoms with E-state index in [-0.39, 0.29) is 33.5 Å². The molecule has 0 aliphatic carbocycles. The smallest absolute Gasteiger partial charge is 0.348 e. The molecule has 2 rings (SSSR count). The second-order valence-corrected chi connectivity index (χ2v) is 8.17. The second-order valence-electron chi connectivity index (χ2n) is 5.43. The summed E-state index contributed by atoms with van der Waals surface area (Å²) in [5.74, 6) is -2.67. The first-order valence-electron chi connectivity index (χ1n) is 8.48. The van der Waals surface area contributed by atoms with Gasteiger partial charge < -0.3 is 19.5 Å². The molecule has 2 aromatic rings. The van der Waals surface area contributed by atoms with Crippen LogP contribution in [0.2, 0.25) is 4.34 Å². The number of thiophene rings is 2. The van der Waals surface area contributed by atoms with E-state index in [4.69, 9.17) is 25.8 Å². The third kappa shape index (κ3) is 5.78. The average molecular weight is 460 g/mol. The Hall–Kier alpha value is -2.43. The summed E-state index contributed by atoms with van der Waals surface area (Å²) in [6.45, 7) is 4.56. The predicted molar refractivity (Wildman–Crippen MR) is 109 cm³/mol. The Morgan fingerprint density at radius 1 is 0.966 bits per heavy atom. The lowest BCUT2D eigenvalue weighted by Gasteiger charge is -2.07. The van der Waals surface area contributed by atoms with Crippen LogP contribution in [-0.4, -0.2) is 43.6 Å². The van der Waals surface area contributed by atoms with Crippen LogP contribution in [0, 0.1) is 6.92 Å². The number of amides is 1. The molecule has 0 aliphatic rings. The Labute approximate surface area is 179 Å². The minimum absolute atomic E-state index is 0.0598. The van der Waals surface area contributed by atoms with E-state index in [1.165, 1.54) is 6.07 Å². The van der Waals surface area contributed by atoms with Crippen molar-refractivity contribution in [2.24, 2.45) is 0 Å². The van der Waals surface area contributed by atoms with Gasteiger partial charge in [-0.1, -0.05) is 11.6 Å². The van der Waals surface area contributed by atoms with E-state index >= 15 is 0 Å². The number of nitrogens with one attached hydrogen (secondary N) is 1. The minimum Gasteiger partial charge on any atom is -0.462 e. The van der Waals surface area contributed by atoms with Crippen LogP contribution < -0.4 is 5.32 Å². The summed E-state index contributed by atoms with van der Waals surface area (Å²) in [5, 5.41) is 2.61. The Balaban J connectivity index is 2.15. The Kier molecular flexibility index (Phi) is 8.18. The summed E-state index contributed by atoms with van der Waals surface area (Å²) in [4.78, 5) is 49.0. The molecule has 8 nitrogen and oxygen atoms in total. The van der Waals surface area contributed by atoms with Crippen molar-refractivity contribution in [2.75, 3.05) is 25.1 Å². The van der Waals surface area contributed by atoms with Gasteiger partial charge in [0, 0.05) is 0 Å². The molecule has 0 bridgehead atoms. The Morgan fingerprint density at radius 3 is 2.21 bits per heavy atom. The molecule has 1 amide bonds. The molecular formula is C18H18ClNO7S2. The molecule has 1 N–H and O–H groups in total. The lowest BCUT2D eigenvalue weighted by Crippen LogP contribution is -2.21. The Bertz CT molecular complexity index is 935. The second kappa shape index (κ2) is 10.4. The lowest BCUT2D eigenvalue weighted by molar-refractivity contribution is -0.119. The van der Waals surface area contributed by atoms with Crippen molar-refractivity contribution in [1.29, 1.82) is 0 Å². The number of rotatable bonds is 8. The Morgan fingerprint density at radius 2 is 1.62 bits per heavy atom. The van der Waals surface area contributed by atoms with Crippen molar-refractivity contribution in [3.8, 4) is 0 Å². The van der Waals surface area contributed by atoms with E-state index in [2.05, 4.69) is 5.32 Å². The topological polar surface area (TPSA) is 108 Å². The summed E-state index contributed by atoms with van der Waals surface area (Å²) in [6, 6.07) is 3.03. The van der Waals surface area contributed by atoms with E-state index in [1.807, 2.05) is 0 Å². The van der Waals surface area contributed by atoms with Gasteiger partial charge in [-0.25, -0.2) is 14.4 Å². The molecule has 0 aromatic carbocycles. The molecule has 0 aliphatic heterocycles. The molecule has 0 atom stereocenters. The largest absolute Gasteiger partial charge is 0.462 e. The van der Waals surface area contributed by atoms with Gasteiger partial charge in [0.05, 0.1) is 23.1 Å². The standard InChI is InChI=1S/C18H18ClNO7S2/c1-4-25-17(23)13-9(3)14(18(24)26-5-2)29-15(13)20-12(21)8-27-16(22)10-6-7-11(19)28-10/h6-7H,4-5,8H2,1-3H3,(H,20,21). The van der Waals surface area contributed by atoms with Gasteiger partial charge in [0.1, 0.15) is 14.8 Å². The van der Waals surface area contributed by atoms with E-state index in [0.717, 1.165) is 22.7 Å². The highest BCUT2D eigenvalue weighted by Crippen LogP contribution is 2.34. The fourth-order valence-corrected chi connectivity index (χ4v) is 4.27. The van der Waals surface area contributed by atoms with Crippen LogP contribution in [0.15, 0.2) is 12.1 Å². The van der Waals surface area contributed by atoms with E-state index in [1.54, 1.807) is 26.8 Å². The van der Waals surface area contributed by atoms with E-state index in [0.29, 0.717) is 9.90 Å². The predicted octanol–water partition coefficient (Wildman–Crippen LogP) is 3.92. The summed E-state index contributed by atoms with van der Waals surface area (Å²) in [6.07, 6.45) is 0. The van der Waals surface area contributed by atoms with Crippen molar-refractivity contribution in [3.63, 3.8) is 0 Å². The number of carbonyl (C=O) groups excluding carboxylic acids is 4. The molecule has 0 fully saturated rings. The summed E-state index contributed by atoms with van der Waals surface area (Å²) in [7, 11) is 0. The van der Waals surface area contributed by atoms with E-state index < -0.39 is 30.4 Å². The first-order chi connectivity index (χ1) is 13.8. The SMILES string of the molecule is CCOC(=O)c1sc(NC(=O)COC(=O)c2ccc(Cl)s2)c(C(=O)OCC)c1C. The zero-order chi connectivity index (χ0) is 21.6. The first kappa shape index (κ1) is 22.9. The highest BCUT2D eigenvalue weighted by atomic mass is 35.5. The molecule has 0 spiro atoms. The van der Waals surface area contributed by atoms with Gasteiger partial charge in [0.2, 0.25) is 0 Å². The fourth-order valence-electron chi connectivity index (χ4n) is 2.23. The molecular weight excluding hydrogens is 442 g/mol. The van der Waals surface area contributed by atoms with Gasteiger partial charge in [0.25, 0.3) is 5.91 Å².